The number of ether oxygens (including phenoxy) is 1. The van der Waals surface area contributed by atoms with E-state index >= 15 is 0 Å². The molecule has 0 saturated carbocycles. The molecule has 4 nitrogen and oxygen atoms in total. The number of nitrogens with zero attached hydrogens (tertiary/aromatic N) is 1. The SMILES string of the molecule is CCCn1c(C)c([C@@H](C)[C@@H](N)C(=O)OC)c2cc(Cl)ccc21. The quantitative estimate of drug-likeness (QED) is 0.855. The normalized spacial score (nSPS) is 14.1. The lowest BCUT2D eigenvalue weighted by atomic mass is 9.91. The zero-order chi connectivity index (χ0) is 16.4. The third-order valence-corrected chi connectivity index (χ3v) is 4.48. The molecule has 0 aliphatic rings. The molecule has 0 aliphatic heterocycles. The van der Waals surface area contributed by atoms with E-state index in [0.717, 1.165) is 35.1 Å². The van der Waals surface area contributed by atoms with Gasteiger partial charge in [0.2, 0.25) is 0 Å². The summed E-state index contributed by atoms with van der Waals surface area (Å²) >= 11 is 6.17. The van der Waals surface area contributed by atoms with Crippen LogP contribution in [0.4, 0.5) is 0 Å². The third-order valence-electron chi connectivity index (χ3n) is 4.25. The van der Waals surface area contributed by atoms with Crippen LogP contribution >= 0.6 is 11.6 Å². The van der Waals surface area contributed by atoms with Crippen molar-refractivity contribution in [3.8, 4) is 0 Å². The predicted molar refractivity (Wildman–Crippen MR) is 90.4 cm³/mol. The van der Waals surface area contributed by atoms with E-state index in [1.54, 1.807) is 0 Å². The number of rotatable bonds is 5. The monoisotopic (exact) mass is 322 g/mol. The Morgan fingerprint density at radius 2 is 2.14 bits per heavy atom. The van der Waals surface area contributed by atoms with Crippen LogP contribution in [-0.4, -0.2) is 23.7 Å². The Balaban J connectivity index is 2.64. The van der Waals surface area contributed by atoms with Gasteiger partial charge in [0.15, 0.2) is 0 Å². The number of aromatic nitrogens is 1. The second-order valence-corrected chi connectivity index (χ2v) is 6.09. The third kappa shape index (κ3) is 2.85. The van der Waals surface area contributed by atoms with Gasteiger partial charge in [-0.2, -0.15) is 0 Å². The van der Waals surface area contributed by atoms with Crippen LogP contribution in [0.15, 0.2) is 18.2 Å². The van der Waals surface area contributed by atoms with Gasteiger partial charge in [-0.25, -0.2) is 0 Å². The fourth-order valence-corrected chi connectivity index (χ4v) is 3.26. The van der Waals surface area contributed by atoms with Gasteiger partial charge in [-0.05, 0) is 37.1 Å². The largest absolute Gasteiger partial charge is 0.468 e. The highest BCUT2D eigenvalue weighted by molar-refractivity contribution is 6.31. The standard InChI is InChI=1S/C17H23ClN2O2/c1-5-8-20-11(3)15(10(2)16(19)17(21)22-4)13-9-12(18)6-7-14(13)20/h6-7,9-10,16H,5,8,19H2,1-4H3/t10-,16-/m1/s1. The number of esters is 1. The minimum Gasteiger partial charge on any atom is -0.468 e. The van der Waals surface area contributed by atoms with E-state index in [1.807, 2.05) is 25.1 Å². The van der Waals surface area contributed by atoms with E-state index in [0.29, 0.717) is 5.02 Å². The number of aryl methyl sites for hydroxylation is 1. The molecule has 2 rings (SSSR count). The van der Waals surface area contributed by atoms with Gasteiger partial charge in [0.05, 0.1) is 7.11 Å². The van der Waals surface area contributed by atoms with Gasteiger partial charge >= 0.3 is 5.97 Å². The van der Waals surface area contributed by atoms with Gasteiger partial charge in [0, 0.05) is 34.1 Å². The van der Waals surface area contributed by atoms with Crippen LogP contribution in [-0.2, 0) is 16.1 Å². The molecule has 0 bridgehead atoms. The number of halogens is 1. The lowest BCUT2D eigenvalue weighted by Crippen LogP contribution is -2.36. The highest BCUT2D eigenvalue weighted by Crippen LogP contribution is 2.35. The first-order valence-corrected chi connectivity index (χ1v) is 7.91. The van der Waals surface area contributed by atoms with Crippen molar-refractivity contribution >= 4 is 28.5 Å². The maximum atomic E-state index is 11.8. The Hall–Kier alpha value is -1.52. The molecule has 2 N–H and O–H groups in total. The van der Waals surface area contributed by atoms with Crippen molar-refractivity contribution in [3.63, 3.8) is 0 Å². The molecule has 5 heteroatoms. The zero-order valence-electron chi connectivity index (χ0n) is 13.5. The molecule has 1 aromatic carbocycles. The van der Waals surface area contributed by atoms with Crippen molar-refractivity contribution < 1.29 is 9.53 Å². The Morgan fingerprint density at radius 3 is 2.73 bits per heavy atom. The summed E-state index contributed by atoms with van der Waals surface area (Å²) in [6, 6.07) is 5.18. The summed E-state index contributed by atoms with van der Waals surface area (Å²) in [6.45, 7) is 7.09. The van der Waals surface area contributed by atoms with E-state index in [4.69, 9.17) is 22.1 Å². The molecule has 1 aromatic heterocycles. The maximum Gasteiger partial charge on any atom is 0.323 e. The van der Waals surface area contributed by atoms with Crippen LogP contribution in [0.1, 0.15) is 37.4 Å². The number of hydrogen-bond acceptors (Lipinski definition) is 3. The summed E-state index contributed by atoms with van der Waals surface area (Å²) in [4.78, 5) is 11.8. The summed E-state index contributed by atoms with van der Waals surface area (Å²) in [5, 5.41) is 1.74. The second-order valence-electron chi connectivity index (χ2n) is 5.65. The zero-order valence-corrected chi connectivity index (χ0v) is 14.3. The number of methoxy groups -OCH3 is 1. The fourth-order valence-electron chi connectivity index (χ4n) is 3.09. The van der Waals surface area contributed by atoms with E-state index < -0.39 is 12.0 Å². The number of carbonyl (C=O) groups is 1. The molecule has 22 heavy (non-hydrogen) atoms. The Bertz CT molecular complexity index is 694. The van der Waals surface area contributed by atoms with Crippen LogP contribution in [0.25, 0.3) is 10.9 Å². The molecule has 0 amide bonds. The molecule has 0 aliphatic carbocycles. The average molecular weight is 323 g/mol. The molecule has 1 heterocycles. The van der Waals surface area contributed by atoms with Gasteiger partial charge in [-0.3, -0.25) is 4.79 Å². The summed E-state index contributed by atoms with van der Waals surface area (Å²) in [5.41, 5.74) is 9.40. The topological polar surface area (TPSA) is 57.2 Å². The van der Waals surface area contributed by atoms with Crippen molar-refractivity contribution in [2.75, 3.05) is 7.11 Å². The minimum atomic E-state index is -0.691. The predicted octanol–water partition coefficient (Wildman–Crippen LogP) is 3.62. The van der Waals surface area contributed by atoms with Crippen LogP contribution in [0, 0.1) is 6.92 Å². The van der Waals surface area contributed by atoms with Crippen molar-refractivity contribution in [1.29, 1.82) is 0 Å². The van der Waals surface area contributed by atoms with Crippen LogP contribution < -0.4 is 5.73 Å². The number of benzene rings is 1. The maximum absolute atomic E-state index is 11.8. The number of carbonyl (C=O) groups excluding carboxylic acids is 1. The molecule has 0 saturated heterocycles. The van der Waals surface area contributed by atoms with Gasteiger partial charge in [0.1, 0.15) is 6.04 Å². The molecule has 2 aromatic rings. The lowest BCUT2D eigenvalue weighted by Gasteiger charge is -2.19. The Labute approximate surface area is 136 Å². The van der Waals surface area contributed by atoms with Gasteiger partial charge in [-0.1, -0.05) is 25.4 Å². The average Bonchev–Trinajstić information content (AvgIpc) is 2.77. The van der Waals surface area contributed by atoms with Crippen molar-refractivity contribution in [3.05, 3.63) is 34.5 Å². The molecule has 0 radical (unpaired) electrons. The summed E-state index contributed by atoms with van der Waals surface area (Å²) in [6.07, 6.45) is 1.03. The van der Waals surface area contributed by atoms with E-state index in [2.05, 4.69) is 18.4 Å². The minimum absolute atomic E-state index is 0.147. The second kappa shape index (κ2) is 6.71. The van der Waals surface area contributed by atoms with Crippen molar-refractivity contribution in [2.45, 2.75) is 45.7 Å². The molecule has 2 atom stereocenters. The van der Waals surface area contributed by atoms with E-state index in [1.165, 1.54) is 7.11 Å². The van der Waals surface area contributed by atoms with Crippen molar-refractivity contribution in [1.82, 2.24) is 4.57 Å². The summed E-state index contributed by atoms with van der Waals surface area (Å²) in [7, 11) is 1.36. The number of hydrogen-bond donors (Lipinski definition) is 1. The number of fused-ring (bicyclic) bond motifs is 1. The van der Waals surface area contributed by atoms with Crippen LogP contribution in [0.2, 0.25) is 5.02 Å². The highest BCUT2D eigenvalue weighted by atomic mass is 35.5. The first kappa shape index (κ1) is 16.8. The first-order valence-electron chi connectivity index (χ1n) is 7.54. The molecule has 0 unspecified atom stereocenters. The van der Waals surface area contributed by atoms with Crippen LogP contribution in [0.3, 0.4) is 0 Å². The smallest absolute Gasteiger partial charge is 0.323 e. The van der Waals surface area contributed by atoms with Gasteiger partial charge < -0.3 is 15.0 Å². The van der Waals surface area contributed by atoms with Crippen molar-refractivity contribution in [2.24, 2.45) is 5.73 Å². The van der Waals surface area contributed by atoms with E-state index in [-0.39, 0.29) is 5.92 Å². The lowest BCUT2D eigenvalue weighted by molar-refractivity contribution is -0.142. The fraction of sp³-hybridized carbons (Fsp3) is 0.471. The first-order chi connectivity index (χ1) is 10.4. The molecule has 120 valence electrons. The molecular formula is C17H23ClN2O2. The van der Waals surface area contributed by atoms with Gasteiger partial charge in [0.25, 0.3) is 0 Å². The Morgan fingerprint density at radius 1 is 1.45 bits per heavy atom. The molecule has 0 spiro atoms. The molecule has 0 fully saturated rings. The summed E-state index contributed by atoms with van der Waals surface area (Å²) < 4.78 is 7.05. The number of nitrogens with two attached hydrogens (primary N) is 1. The summed E-state index contributed by atoms with van der Waals surface area (Å²) in [5.74, 6) is -0.545. The highest BCUT2D eigenvalue weighted by Gasteiger charge is 2.28. The van der Waals surface area contributed by atoms with Gasteiger partial charge in [-0.15, -0.1) is 0 Å². The van der Waals surface area contributed by atoms with E-state index in [9.17, 15) is 4.79 Å². The Kier molecular flexibility index (Phi) is 5.14. The molecular weight excluding hydrogens is 300 g/mol. The van der Waals surface area contributed by atoms with Crippen LogP contribution in [0.5, 0.6) is 0 Å².